The van der Waals surface area contributed by atoms with Gasteiger partial charge in [0, 0.05) is 28.9 Å². The van der Waals surface area contributed by atoms with Crippen molar-refractivity contribution in [2.45, 2.75) is 52.0 Å². The number of carbonyl (C=O) groups is 1. The van der Waals surface area contributed by atoms with Crippen molar-refractivity contribution >= 4 is 11.7 Å². The number of amides is 2. The van der Waals surface area contributed by atoms with Crippen molar-refractivity contribution < 1.29 is 4.79 Å². The summed E-state index contributed by atoms with van der Waals surface area (Å²) < 4.78 is 2.01. The predicted molar refractivity (Wildman–Crippen MR) is 131 cm³/mol. The molecule has 6 nitrogen and oxygen atoms in total. The van der Waals surface area contributed by atoms with Gasteiger partial charge in [0.25, 0.3) is 0 Å². The van der Waals surface area contributed by atoms with Gasteiger partial charge < -0.3 is 10.6 Å². The van der Waals surface area contributed by atoms with Crippen molar-refractivity contribution in [3.8, 4) is 11.8 Å². The van der Waals surface area contributed by atoms with Gasteiger partial charge in [-0.2, -0.15) is 10.4 Å². The number of allylic oxidation sites excluding steroid dienone is 1. The molecule has 0 bridgehead atoms. The number of nitriles is 1. The SMILES string of the molecule is Cc1nn(-c2ccc(C(C)C)cc2)c(C)c1[C@@H]1C=C[C@@H](NC(=O)Nc2cccc(C#N)c2)C1. The van der Waals surface area contributed by atoms with E-state index in [1.165, 1.54) is 11.1 Å². The minimum absolute atomic E-state index is 0.0679. The maximum Gasteiger partial charge on any atom is 0.319 e. The lowest BCUT2D eigenvalue weighted by Crippen LogP contribution is -2.36. The van der Waals surface area contributed by atoms with Crippen molar-refractivity contribution in [1.29, 1.82) is 5.26 Å². The normalized spacial score (nSPS) is 17.2. The number of benzene rings is 2. The second-order valence-electron chi connectivity index (χ2n) is 8.87. The van der Waals surface area contributed by atoms with Crippen molar-refractivity contribution in [3.05, 3.63) is 88.8 Å². The Balaban J connectivity index is 1.43. The van der Waals surface area contributed by atoms with Crippen molar-refractivity contribution in [1.82, 2.24) is 15.1 Å². The molecule has 0 saturated heterocycles. The molecule has 168 valence electrons. The monoisotopic (exact) mass is 439 g/mol. The average Bonchev–Trinajstić information content (AvgIpc) is 3.36. The molecule has 2 aromatic carbocycles. The van der Waals surface area contributed by atoms with Gasteiger partial charge in [0.15, 0.2) is 0 Å². The Morgan fingerprint density at radius 2 is 1.91 bits per heavy atom. The van der Waals surface area contributed by atoms with Crippen LogP contribution in [0, 0.1) is 25.2 Å². The maximum atomic E-state index is 12.5. The van der Waals surface area contributed by atoms with Crippen molar-refractivity contribution in [2.24, 2.45) is 0 Å². The molecule has 0 fully saturated rings. The number of nitrogens with one attached hydrogen (secondary N) is 2. The quantitative estimate of drug-likeness (QED) is 0.499. The number of aryl methyl sites for hydroxylation is 1. The number of hydrogen-bond acceptors (Lipinski definition) is 3. The lowest BCUT2D eigenvalue weighted by Gasteiger charge is -2.15. The molecule has 1 aliphatic rings. The van der Waals surface area contributed by atoms with E-state index in [0.29, 0.717) is 17.2 Å². The summed E-state index contributed by atoms with van der Waals surface area (Å²) in [6.07, 6.45) is 4.99. The third-order valence-corrected chi connectivity index (χ3v) is 6.17. The summed E-state index contributed by atoms with van der Waals surface area (Å²) in [6, 6.07) is 17.2. The molecule has 0 radical (unpaired) electrons. The Bertz CT molecular complexity index is 1230. The van der Waals surface area contributed by atoms with Crippen LogP contribution in [0.2, 0.25) is 0 Å². The zero-order chi connectivity index (χ0) is 23.5. The fourth-order valence-corrected chi connectivity index (χ4v) is 4.47. The average molecular weight is 440 g/mol. The van der Waals surface area contributed by atoms with E-state index < -0.39 is 0 Å². The Morgan fingerprint density at radius 1 is 1.15 bits per heavy atom. The summed E-state index contributed by atoms with van der Waals surface area (Å²) in [4.78, 5) is 12.5. The molecule has 33 heavy (non-hydrogen) atoms. The van der Waals surface area contributed by atoms with Crippen LogP contribution in [0.1, 0.15) is 60.2 Å². The van der Waals surface area contributed by atoms with Crippen molar-refractivity contribution in [3.63, 3.8) is 0 Å². The van der Waals surface area contributed by atoms with E-state index in [1.807, 2.05) is 17.7 Å². The first-order valence-electron chi connectivity index (χ1n) is 11.3. The molecule has 0 spiro atoms. The van der Waals surface area contributed by atoms with Gasteiger partial charge in [-0.1, -0.05) is 44.2 Å². The van der Waals surface area contributed by atoms with Crippen LogP contribution >= 0.6 is 0 Å². The summed E-state index contributed by atoms with van der Waals surface area (Å²) in [7, 11) is 0. The number of nitrogens with zero attached hydrogens (tertiary/aromatic N) is 3. The summed E-state index contributed by atoms with van der Waals surface area (Å²) >= 11 is 0. The van der Waals surface area contributed by atoms with Gasteiger partial charge in [0.1, 0.15) is 0 Å². The van der Waals surface area contributed by atoms with Crippen molar-refractivity contribution in [2.75, 3.05) is 5.32 Å². The van der Waals surface area contributed by atoms with E-state index >= 15 is 0 Å². The largest absolute Gasteiger partial charge is 0.332 e. The first-order valence-corrected chi connectivity index (χ1v) is 11.3. The number of carbonyl (C=O) groups excluding carboxylic acids is 1. The van der Waals surface area contributed by atoms with Gasteiger partial charge in [-0.25, -0.2) is 9.48 Å². The topological polar surface area (TPSA) is 82.7 Å². The smallest absolute Gasteiger partial charge is 0.319 e. The molecule has 1 aromatic heterocycles. The van der Waals surface area contributed by atoms with E-state index in [-0.39, 0.29) is 18.0 Å². The summed E-state index contributed by atoms with van der Waals surface area (Å²) in [5.41, 5.74) is 6.82. The van der Waals surface area contributed by atoms with Gasteiger partial charge in [-0.3, -0.25) is 0 Å². The molecule has 1 heterocycles. The predicted octanol–water partition coefficient (Wildman–Crippen LogP) is 5.72. The molecule has 0 saturated carbocycles. The summed E-state index contributed by atoms with van der Waals surface area (Å²) in [6.45, 7) is 8.54. The van der Waals surface area contributed by atoms with Crippen LogP contribution in [0.25, 0.3) is 5.69 Å². The van der Waals surface area contributed by atoms with Gasteiger partial charge in [-0.15, -0.1) is 0 Å². The highest BCUT2D eigenvalue weighted by atomic mass is 16.2. The lowest BCUT2D eigenvalue weighted by atomic mass is 9.96. The highest BCUT2D eigenvalue weighted by molar-refractivity contribution is 5.89. The molecule has 2 atom stereocenters. The number of anilines is 1. The molecule has 2 N–H and O–H groups in total. The molecule has 2 amide bonds. The van der Waals surface area contributed by atoms with E-state index in [9.17, 15) is 4.79 Å². The number of urea groups is 1. The Kier molecular flexibility index (Phi) is 6.32. The third kappa shape index (κ3) is 4.83. The van der Waals surface area contributed by atoms with E-state index in [1.54, 1.807) is 24.3 Å². The fraction of sp³-hybridized carbons (Fsp3) is 0.296. The second kappa shape index (κ2) is 9.33. The zero-order valence-electron chi connectivity index (χ0n) is 19.5. The molecule has 0 unspecified atom stereocenters. The highest BCUT2D eigenvalue weighted by Gasteiger charge is 2.27. The van der Waals surface area contributed by atoms with E-state index in [2.05, 4.69) is 67.8 Å². The summed E-state index contributed by atoms with van der Waals surface area (Å²) in [5.74, 6) is 0.691. The fourth-order valence-electron chi connectivity index (χ4n) is 4.47. The summed E-state index contributed by atoms with van der Waals surface area (Å²) in [5, 5.41) is 19.7. The Morgan fingerprint density at radius 3 is 2.61 bits per heavy atom. The second-order valence-corrected chi connectivity index (χ2v) is 8.87. The molecule has 4 rings (SSSR count). The standard InChI is InChI=1S/C27H29N5O/c1-17(2)21-9-12-25(13-10-21)32-19(4)26(18(3)31-32)22-8-11-24(15-22)30-27(33)29-23-7-5-6-20(14-23)16-28/h5-14,17,22,24H,15H2,1-4H3,(H2,29,30,33)/t22-,24-/m1/s1. The molecular formula is C27H29N5O. The van der Waals surface area contributed by atoms with Crippen LogP contribution in [0.4, 0.5) is 10.5 Å². The molecule has 0 aliphatic heterocycles. The minimum Gasteiger partial charge on any atom is -0.332 e. The third-order valence-electron chi connectivity index (χ3n) is 6.17. The zero-order valence-corrected chi connectivity index (χ0v) is 19.5. The Hall–Kier alpha value is -3.85. The van der Waals surface area contributed by atoms with Gasteiger partial charge >= 0.3 is 6.03 Å². The van der Waals surface area contributed by atoms with E-state index in [4.69, 9.17) is 10.4 Å². The highest BCUT2D eigenvalue weighted by Crippen LogP contribution is 2.34. The molecule has 3 aromatic rings. The van der Waals surface area contributed by atoms with Gasteiger partial charge in [-0.05, 0) is 62.1 Å². The number of hydrogen-bond donors (Lipinski definition) is 2. The van der Waals surface area contributed by atoms with Crippen LogP contribution in [-0.4, -0.2) is 21.9 Å². The number of rotatable bonds is 5. The first-order chi connectivity index (χ1) is 15.9. The molecular weight excluding hydrogens is 410 g/mol. The van der Waals surface area contributed by atoms with Crippen LogP contribution in [0.3, 0.4) is 0 Å². The van der Waals surface area contributed by atoms with Crippen LogP contribution in [-0.2, 0) is 0 Å². The molecule has 1 aliphatic carbocycles. The molecule has 6 heteroatoms. The van der Waals surface area contributed by atoms with Crippen LogP contribution in [0.5, 0.6) is 0 Å². The lowest BCUT2D eigenvalue weighted by molar-refractivity contribution is 0.250. The van der Waals surface area contributed by atoms with Gasteiger partial charge in [0.05, 0.1) is 23.0 Å². The minimum atomic E-state index is -0.283. The van der Waals surface area contributed by atoms with Crippen LogP contribution in [0.15, 0.2) is 60.7 Å². The van der Waals surface area contributed by atoms with Crippen LogP contribution < -0.4 is 10.6 Å². The van der Waals surface area contributed by atoms with Gasteiger partial charge in [0.2, 0.25) is 0 Å². The first kappa shape index (κ1) is 22.3. The van der Waals surface area contributed by atoms with E-state index in [0.717, 1.165) is 23.5 Å². The number of aromatic nitrogens is 2. The maximum absolute atomic E-state index is 12.5. The Labute approximate surface area is 194 Å².